The normalized spacial score (nSPS) is 18.1. The molecule has 5 nitrogen and oxygen atoms in total. The summed E-state index contributed by atoms with van der Waals surface area (Å²) in [4.78, 5) is 30.9. The number of nitrogens with one attached hydrogen (secondary N) is 1. The maximum atomic E-state index is 12.6. The topological polar surface area (TPSA) is 62.3 Å². The van der Waals surface area contributed by atoms with Crippen LogP contribution in [0.25, 0.3) is 0 Å². The van der Waals surface area contributed by atoms with Crippen molar-refractivity contribution in [2.45, 2.75) is 56.4 Å². The first-order valence-corrected chi connectivity index (χ1v) is 8.50. The lowest BCUT2D eigenvalue weighted by Crippen LogP contribution is -2.47. The predicted octanol–water partition coefficient (Wildman–Crippen LogP) is 2.60. The van der Waals surface area contributed by atoms with E-state index < -0.39 is 5.25 Å². The van der Waals surface area contributed by atoms with Gasteiger partial charge in [0.25, 0.3) is 0 Å². The van der Waals surface area contributed by atoms with Crippen LogP contribution >= 0.6 is 11.8 Å². The molecule has 1 N–H and O–H groups in total. The molecule has 120 valence electrons. The molecule has 22 heavy (non-hydrogen) atoms. The van der Waals surface area contributed by atoms with Gasteiger partial charge in [0.15, 0.2) is 0 Å². The van der Waals surface area contributed by atoms with Gasteiger partial charge in [0.05, 0.1) is 10.9 Å². The summed E-state index contributed by atoms with van der Waals surface area (Å²) >= 11 is 1.38. The second-order valence-corrected chi connectivity index (χ2v) is 7.20. The molecule has 0 aromatic carbocycles. The number of thioether (sulfide) groups is 1. The van der Waals surface area contributed by atoms with E-state index >= 15 is 0 Å². The van der Waals surface area contributed by atoms with Crippen molar-refractivity contribution in [2.75, 3.05) is 11.4 Å². The summed E-state index contributed by atoms with van der Waals surface area (Å²) in [7, 11) is 0. The maximum Gasteiger partial charge on any atom is 0.241 e. The first-order valence-electron chi connectivity index (χ1n) is 7.62. The average molecular weight is 321 g/mol. The summed E-state index contributed by atoms with van der Waals surface area (Å²) in [5.74, 6) is -0.106. The van der Waals surface area contributed by atoms with Crippen molar-refractivity contribution in [3.63, 3.8) is 0 Å². The predicted molar refractivity (Wildman–Crippen MR) is 89.0 cm³/mol. The van der Waals surface area contributed by atoms with E-state index in [-0.39, 0.29) is 23.8 Å². The number of amides is 2. The number of nitrogens with zero attached hydrogens (tertiary/aromatic N) is 2. The largest absolute Gasteiger partial charge is 0.351 e. The molecule has 0 aliphatic carbocycles. The first kappa shape index (κ1) is 16.8. The summed E-state index contributed by atoms with van der Waals surface area (Å²) in [6.45, 7) is 8.50. The number of hydrogen-bond donors (Lipinski definition) is 1. The SMILES string of the molecule is CCN1C(=O)[C@@H](CC(=O)NC(C)(C)CC)Sc2ncccc21. The van der Waals surface area contributed by atoms with E-state index in [0.29, 0.717) is 6.54 Å². The molecule has 1 atom stereocenters. The minimum atomic E-state index is -0.407. The Kier molecular flexibility index (Phi) is 5.11. The highest BCUT2D eigenvalue weighted by Gasteiger charge is 2.35. The van der Waals surface area contributed by atoms with Crippen LogP contribution in [0, 0.1) is 0 Å². The van der Waals surface area contributed by atoms with E-state index in [1.54, 1.807) is 11.1 Å². The third-order valence-corrected chi connectivity index (χ3v) is 5.08. The van der Waals surface area contributed by atoms with Crippen molar-refractivity contribution < 1.29 is 9.59 Å². The average Bonchev–Trinajstić information content (AvgIpc) is 2.47. The molecule has 6 heteroatoms. The molecule has 2 rings (SSSR count). The molecule has 2 heterocycles. The van der Waals surface area contributed by atoms with E-state index in [4.69, 9.17) is 0 Å². The van der Waals surface area contributed by atoms with E-state index in [2.05, 4.69) is 10.3 Å². The summed E-state index contributed by atoms with van der Waals surface area (Å²) in [5, 5.41) is 3.40. The van der Waals surface area contributed by atoms with Gasteiger partial charge in [-0.3, -0.25) is 9.59 Å². The maximum absolute atomic E-state index is 12.6. The Balaban J connectivity index is 2.13. The van der Waals surface area contributed by atoms with Gasteiger partial charge >= 0.3 is 0 Å². The third-order valence-electron chi connectivity index (χ3n) is 3.89. The van der Waals surface area contributed by atoms with E-state index in [1.165, 1.54) is 11.8 Å². The molecule has 2 amide bonds. The van der Waals surface area contributed by atoms with Gasteiger partial charge < -0.3 is 10.2 Å². The molecule has 0 spiro atoms. The van der Waals surface area contributed by atoms with Crippen molar-refractivity contribution in [2.24, 2.45) is 0 Å². The van der Waals surface area contributed by atoms with Gasteiger partial charge in [-0.1, -0.05) is 18.7 Å². The number of anilines is 1. The second kappa shape index (κ2) is 6.69. The van der Waals surface area contributed by atoms with E-state index in [9.17, 15) is 9.59 Å². The molecule has 1 aliphatic rings. The molecule has 0 radical (unpaired) electrons. The Morgan fingerprint density at radius 3 is 2.82 bits per heavy atom. The van der Waals surface area contributed by atoms with Gasteiger partial charge in [0.1, 0.15) is 5.03 Å². The van der Waals surface area contributed by atoms with Crippen LogP contribution in [0.3, 0.4) is 0 Å². The smallest absolute Gasteiger partial charge is 0.241 e. The lowest BCUT2D eigenvalue weighted by atomic mass is 10.0. The third kappa shape index (κ3) is 3.61. The van der Waals surface area contributed by atoms with E-state index in [0.717, 1.165) is 17.1 Å². The van der Waals surface area contributed by atoms with Crippen LogP contribution in [0.4, 0.5) is 5.69 Å². The summed E-state index contributed by atoms with van der Waals surface area (Å²) < 4.78 is 0. The van der Waals surface area contributed by atoms with Gasteiger partial charge in [-0.05, 0) is 39.3 Å². The van der Waals surface area contributed by atoms with Gasteiger partial charge in [-0.2, -0.15) is 0 Å². The molecule has 1 aliphatic heterocycles. The van der Waals surface area contributed by atoms with Gasteiger partial charge in [-0.15, -0.1) is 0 Å². The van der Waals surface area contributed by atoms with Crippen molar-refractivity contribution >= 4 is 29.3 Å². The highest BCUT2D eigenvalue weighted by Crippen LogP contribution is 2.38. The van der Waals surface area contributed by atoms with Crippen LogP contribution in [0.1, 0.15) is 40.5 Å². The highest BCUT2D eigenvalue weighted by molar-refractivity contribution is 8.00. The number of hydrogen-bond acceptors (Lipinski definition) is 4. The van der Waals surface area contributed by atoms with Gasteiger partial charge in [0.2, 0.25) is 11.8 Å². The Hall–Kier alpha value is -1.56. The van der Waals surface area contributed by atoms with Gasteiger partial charge in [0, 0.05) is 24.7 Å². The first-order chi connectivity index (χ1) is 10.4. The van der Waals surface area contributed by atoms with Crippen molar-refractivity contribution in [1.29, 1.82) is 0 Å². The van der Waals surface area contributed by atoms with Crippen LogP contribution < -0.4 is 10.2 Å². The van der Waals surface area contributed by atoms with Crippen molar-refractivity contribution in [1.82, 2.24) is 10.3 Å². The summed E-state index contributed by atoms with van der Waals surface area (Å²) in [5.41, 5.74) is 0.589. The molecular weight excluding hydrogens is 298 g/mol. The fraction of sp³-hybridized carbons (Fsp3) is 0.562. The van der Waals surface area contributed by atoms with Crippen LogP contribution in [0.2, 0.25) is 0 Å². The Morgan fingerprint density at radius 2 is 2.18 bits per heavy atom. The Morgan fingerprint density at radius 1 is 1.45 bits per heavy atom. The minimum absolute atomic E-state index is 0.0162. The highest BCUT2D eigenvalue weighted by atomic mass is 32.2. The molecule has 0 saturated heterocycles. The zero-order chi connectivity index (χ0) is 16.3. The number of aromatic nitrogens is 1. The molecule has 0 saturated carbocycles. The number of carbonyl (C=O) groups is 2. The second-order valence-electron chi connectivity index (χ2n) is 6.01. The Labute approximate surface area is 135 Å². The fourth-order valence-corrected chi connectivity index (χ4v) is 3.45. The number of rotatable bonds is 5. The zero-order valence-electron chi connectivity index (χ0n) is 13.5. The minimum Gasteiger partial charge on any atom is -0.351 e. The zero-order valence-corrected chi connectivity index (χ0v) is 14.4. The van der Waals surface area contributed by atoms with Crippen LogP contribution in [-0.4, -0.2) is 34.1 Å². The molecule has 0 fully saturated rings. The lowest BCUT2D eigenvalue weighted by molar-refractivity contribution is -0.126. The number of fused-ring (bicyclic) bond motifs is 1. The summed E-state index contributed by atoms with van der Waals surface area (Å²) in [6.07, 6.45) is 2.74. The van der Waals surface area contributed by atoms with Crippen molar-refractivity contribution in [3.8, 4) is 0 Å². The van der Waals surface area contributed by atoms with Gasteiger partial charge in [-0.25, -0.2) is 4.98 Å². The standard InChI is InChI=1S/C16H23N3O2S/c1-5-16(3,4)18-13(20)10-12-15(21)19(6-2)11-8-7-9-17-14(11)22-12/h7-9,12H,5-6,10H2,1-4H3,(H,18,20)/t12-/m1/s1. The molecular formula is C16H23N3O2S. The monoisotopic (exact) mass is 321 g/mol. The molecule has 1 aromatic rings. The molecule has 0 bridgehead atoms. The number of pyridine rings is 1. The number of carbonyl (C=O) groups excluding carboxylic acids is 2. The molecule has 1 aromatic heterocycles. The lowest BCUT2D eigenvalue weighted by Gasteiger charge is -2.32. The van der Waals surface area contributed by atoms with Crippen molar-refractivity contribution in [3.05, 3.63) is 18.3 Å². The van der Waals surface area contributed by atoms with Crippen LogP contribution in [0.15, 0.2) is 23.4 Å². The van der Waals surface area contributed by atoms with Crippen LogP contribution in [0.5, 0.6) is 0 Å². The molecule has 0 unspecified atom stereocenters. The van der Waals surface area contributed by atoms with Crippen LogP contribution in [-0.2, 0) is 9.59 Å². The Bertz CT molecular complexity index is 574. The van der Waals surface area contributed by atoms with E-state index in [1.807, 2.05) is 39.8 Å². The fourth-order valence-electron chi connectivity index (χ4n) is 2.30. The summed E-state index contributed by atoms with van der Waals surface area (Å²) in [6, 6.07) is 3.72. The quantitative estimate of drug-likeness (QED) is 0.905.